The number of aliphatic hydroxyl groups excluding tert-OH is 1. The molecule has 0 radical (unpaired) electrons. The number of aryl methyl sites for hydroxylation is 1. The van der Waals surface area contributed by atoms with E-state index in [-0.39, 0.29) is 37.9 Å². The Morgan fingerprint density at radius 1 is 1.17 bits per heavy atom. The lowest BCUT2D eigenvalue weighted by Crippen LogP contribution is -2.74. The molecule has 184 valence electrons. The van der Waals surface area contributed by atoms with Crippen LogP contribution in [0.1, 0.15) is 47.2 Å². The lowest BCUT2D eigenvalue weighted by Gasteiger charge is -2.62. The van der Waals surface area contributed by atoms with Gasteiger partial charge in [-0.15, -0.1) is 0 Å². The van der Waals surface area contributed by atoms with Crippen LogP contribution in [0, 0.1) is 32.1 Å². The number of aliphatic hydroxyl groups is 2. The number of Topliss-reactive ketones (excluding diaryl/α,β-unsaturated/α-hetero) is 1. The summed E-state index contributed by atoms with van der Waals surface area (Å²) in [5.74, 6) is 0.258. The van der Waals surface area contributed by atoms with Crippen LogP contribution in [0.2, 0.25) is 0 Å². The Morgan fingerprint density at radius 3 is 2.57 bits per heavy atom. The molecule has 0 spiro atoms. The van der Waals surface area contributed by atoms with Gasteiger partial charge < -0.3 is 19.7 Å². The average Bonchev–Trinajstić information content (AvgIpc) is 3.31. The molecule has 2 bridgehead atoms. The maximum atomic E-state index is 13.6. The van der Waals surface area contributed by atoms with Gasteiger partial charge in [0.15, 0.2) is 22.9 Å². The Morgan fingerprint density at radius 2 is 1.89 bits per heavy atom. The summed E-state index contributed by atoms with van der Waals surface area (Å²) in [6.07, 6.45) is 0.837. The van der Waals surface area contributed by atoms with Crippen molar-refractivity contribution in [2.75, 3.05) is 20.4 Å². The molecule has 2 unspecified atom stereocenters. The van der Waals surface area contributed by atoms with Gasteiger partial charge >= 0.3 is 0 Å². The molecule has 0 amide bonds. The molecule has 3 fully saturated rings. The number of fused-ring (bicyclic) bond motifs is 8. The molecule has 1 aliphatic carbocycles. The van der Waals surface area contributed by atoms with Crippen LogP contribution in [-0.2, 0) is 20.7 Å². The zero-order valence-electron chi connectivity index (χ0n) is 20.8. The van der Waals surface area contributed by atoms with Crippen molar-refractivity contribution < 1.29 is 24.5 Å². The molecule has 4 heterocycles. The third kappa shape index (κ3) is 2.67. The summed E-state index contributed by atoms with van der Waals surface area (Å²) < 4.78 is 11.4. The molecule has 1 aromatic carbocycles. The Labute approximate surface area is 205 Å². The lowest BCUT2D eigenvalue weighted by molar-refractivity contribution is -0.150. The van der Waals surface area contributed by atoms with E-state index in [2.05, 4.69) is 42.7 Å². The molecule has 1 aromatic rings. The van der Waals surface area contributed by atoms with Crippen LogP contribution in [0.3, 0.4) is 0 Å². The maximum Gasteiger partial charge on any atom is 0.231 e. The number of piperidine rings is 1. The Kier molecular flexibility index (Phi) is 4.81. The van der Waals surface area contributed by atoms with Crippen molar-refractivity contribution in [1.29, 1.82) is 5.26 Å². The van der Waals surface area contributed by atoms with Gasteiger partial charge in [-0.05, 0) is 69.0 Å². The SMILES string of the molecule is CC1=C2OCOC2=C2[C@H](CO)N3C(CC2(O)C1=O)[C@H]1c2c(cc(C)c(C)c2C)C[C@@H]([C@@H]3C#N)N1C. The number of likely N-dealkylation sites (N-methyl/N-ethyl adjacent to an activating group) is 1. The van der Waals surface area contributed by atoms with Gasteiger partial charge in [-0.25, -0.2) is 0 Å². The number of nitrogens with zero attached hydrogens (tertiary/aromatic N) is 3. The zero-order valence-corrected chi connectivity index (χ0v) is 20.8. The fourth-order valence-corrected chi connectivity index (χ4v) is 7.45. The van der Waals surface area contributed by atoms with Crippen LogP contribution in [-0.4, -0.2) is 76.0 Å². The lowest BCUT2D eigenvalue weighted by atomic mass is 9.64. The minimum absolute atomic E-state index is 0.0443. The first-order chi connectivity index (χ1) is 16.7. The highest BCUT2D eigenvalue weighted by molar-refractivity contribution is 6.06. The van der Waals surface area contributed by atoms with E-state index in [0.29, 0.717) is 22.7 Å². The molecule has 35 heavy (non-hydrogen) atoms. The molecule has 6 rings (SSSR count). The van der Waals surface area contributed by atoms with Crippen LogP contribution in [0.5, 0.6) is 0 Å². The molecule has 2 N–H and O–H groups in total. The molecule has 3 saturated heterocycles. The summed E-state index contributed by atoms with van der Waals surface area (Å²) in [5, 5.41) is 33.2. The number of ether oxygens (including phenoxy) is 2. The van der Waals surface area contributed by atoms with Gasteiger partial charge in [-0.2, -0.15) is 5.26 Å². The first-order valence-corrected chi connectivity index (χ1v) is 12.2. The van der Waals surface area contributed by atoms with Crippen LogP contribution in [0.25, 0.3) is 0 Å². The highest BCUT2D eigenvalue weighted by atomic mass is 16.7. The van der Waals surface area contributed by atoms with Gasteiger partial charge in [0, 0.05) is 29.7 Å². The normalized spacial score (nSPS) is 36.1. The number of rotatable bonds is 1. The summed E-state index contributed by atoms with van der Waals surface area (Å²) >= 11 is 0. The highest BCUT2D eigenvalue weighted by Gasteiger charge is 2.64. The maximum absolute atomic E-state index is 13.6. The highest BCUT2D eigenvalue weighted by Crippen LogP contribution is 2.54. The number of piperazine rings is 1. The van der Waals surface area contributed by atoms with Gasteiger partial charge in [0.25, 0.3) is 0 Å². The van der Waals surface area contributed by atoms with Crippen molar-refractivity contribution in [1.82, 2.24) is 9.80 Å². The quantitative estimate of drug-likeness (QED) is 0.630. The van der Waals surface area contributed by atoms with E-state index in [0.717, 1.165) is 6.42 Å². The van der Waals surface area contributed by atoms with E-state index in [4.69, 9.17) is 9.47 Å². The number of carbonyl (C=O) groups excluding carboxylic acids is 1. The van der Waals surface area contributed by atoms with Crippen molar-refractivity contribution in [3.8, 4) is 6.07 Å². The van der Waals surface area contributed by atoms with Crippen LogP contribution in [0.4, 0.5) is 0 Å². The Balaban J connectivity index is 1.60. The number of carbonyl (C=O) groups is 1. The number of hydrogen-bond donors (Lipinski definition) is 2. The first-order valence-electron chi connectivity index (χ1n) is 12.2. The molecule has 5 aliphatic rings. The molecular weight excluding hydrogens is 446 g/mol. The topological polar surface area (TPSA) is 106 Å². The number of hydrogen-bond acceptors (Lipinski definition) is 8. The van der Waals surface area contributed by atoms with Gasteiger partial charge in [-0.3, -0.25) is 14.6 Å². The second kappa shape index (κ2) is 7.40. The predicted octanol–water partition coefficient (Wildman–Crippen LogP) is 1.70. The fourth-order valence-electron chi connectivity index (χ4n) is 7.45. The Bertz CT molecular complexity index is 1280. The molecule has 8 nitrogen and oxygen atoms in total. The molecular formula is C27H31N3O5. The van der Waals surface area contributed by atoms with Gasteiger partial charge in [0.1, 0.15) is 6.04 Å². The van der Waals surface area contributed by atoms with Crippen LogP contribution in [0.15, 0.2) is 28.7 Å². The average molecular weight is 478 g/mol. The zero-order chi connectivity index (χ0) is 25.0. The number of benzene rings is 1. The smallest absolute Gasteiger partial charge is 0.231 e. The summed E-state index contributed by atoms with van der Waals surface area (Å²) in [6.45, 7) is 7.64. The van der Waals surface area contributed by atoms with E-state index in [9.17, 15) is 20.3 Å². The van der Waals surface area contributed by atoms with E-state index in [1.165, 1.54) is 27.8 Å². The predicted molar refractivity (Wildman–Crippen MR) is 126 cm³/mol. The molecule has 0 aromatic heterocycles. The van der Waals surface area contributed by atoms with Gasteiger partial charge in [-0.1, -0.05) is 6.07 Å². The van der Waals surface area contributed by atoms with Crippen molar-refractivity contribution >= 4 is 5.78 Å². The summed E-state index contributed by atoms with van der Waals surface area (Å²) in [4.78, 5) is 17.9. The minimum atomic E-state index is -1.83. The first kappa shape index (κ1) is 22.7. The second-order valence-electron chi connectivity index (χ2n) is 10.7. The Hall–Kier alpha value is -2.70. The van der Waals surface area contributed by atoms with Crippen molar-refractivity contribution in [2.45, 2.75) is 76.3 Å². The fraction of sp³-hybridized carbons (Fsp3) is 0.556. The molecule has 6 atom stereocenters. The summed E-state index contributed by atoms with van der Waals surface area (Å²) in [7, 11) is 2.04. The van der Waals surface area contributed by atoms with Crippen molar-refractivity contribution in [3.63, 3.8) is 0 Å². The third-order valence-electron chi connectivity index (χ3n) is 9.28. The van der Waals surface area contributed by atoms with Gasteiger partial charge in [0.2, 0.25) is 6.79 Å². The molecule has 8 heteroatoms. The third-order valence-corrected chi connectivity index (χ3v) is 9.28. The molecule has 4 aliphatic heterocycles. The van der Waals surface area contributed by atoms with Gasteiger partial charge in [0.05, 0.1) is 24.8 Å². The molecule has 0 saturated carbocycles. The summed E-state index contributed by atoms with van der Waals surface area (Å²) in [5.41, 5.74) is 4.95. The van der Waals surface area contributed by atoms with E-state index in [1.807, 2.05) is 7.05 Å². The van der Waals surface area contributed by atoms with Crippen LogP contribution >= 0.6 is 0 Å². The standard InChI is InChI=1S/C27H31N3O5/c1-12-6-16-7-17-19(9-28)30-18(23(29(17)5)21(16)14(3)13(12)2)8-27(33)22(20(30)10-31)25-24(34-11-35-25)15(4)26(27)32/h6,17-20,23,31,33H,7-8,10-11H2,1-5H3/t17-,18?,19-,20-,23-,27?/m0/s1. The van der Waals surface area contributed by atoms with E-state index >= 15 is 0 Å². The van der Waals surface area contributed by atoms with Crippen molar-refractivity contribution in [2.24, 2.45) is 0 Å². The monoisotopic (exact) mass is 477 g/mol. The van der Waals surface area contributed by atoms with Crippen LogP contribution < -0.4 is 0 Å². The van der Waals surface area contributed by atoms with E-state index in [1.54, 1.807) is 6.92 Å². The minimum Gasteiger partial charge on any atom is -0.453 e. The number of nitriles is 1. The second-order valence-corrected chi connectivity index (χ2v) is 10.7. The summed E-state index contributed by atoms with van der Waals surface area (Å²) in [6, 6.07) is 2.91. The largest absolute Gasteiger partial charge is 0.453 e. The number of ketones is 1. The van der Waals surface area contributed by atoms with E-state index < -0.39 is 23.5 Å². The van der Waals surface area contributed by atoms with Crippen molar-refractivity contribution in [3.05, 3.63) is 56.5 Å².